The highest BCUT2D eigenvalue weighted by molar-refractivity contribution is 5.75. The second-order valence-electron chi connectivity index (χ2n) is 18.3. The molecule has 7 aliphatic rings. The van der Waals surface area contributed by atoms with Crippen molar-refractivity contribution in [1.82, 2.24) is 0 Å². The van der Waals surface area contributed by atoms with Crippen LogP contribution in [0, 0.1) is 62.6 Å². The number of carbonyl (C=O) groups excluding carboxylic acids is 2. The third-order valence-electron chi connectivity index (χ3n) is 15.9. The van der Waals surface area contributed by atoms with E-state index >= 15 is 0 Å². The lowest BCUT2D eigenvalue weighted by Crippen LogP contribution is -2.60. The average molecular weight is 615 g/mol. The normalized spacial score (nSPS) is 52.8. The lowest BCUT2D eigenvalue weighted by atomic mass is 9.41. The molecule has 7 fully saturated rings. The molecule has 1 saturated heterocycles. The highest BCUT2D eigenvalue weighted by Crippen LogP contribution is 2.91. The van der Waals surface area contributed by atoms with Gasteiger partial charge in [0.2, 0.25) is 0 Å². The van der Waals surface area contributed by atoms with Crippen molar-refractivity contribution in [2.75, 3.05) is 0 Å². The van der Waals surface area contributed by atoms with Gasteiger partial charge in [0.05, 0.1) is 29.8 Å². The van der Waals surface area contributed by atoms with Gasteiger partial charge in [-0.15, -0.1) is 0 Å². The summed E-state index contributed by atoms with van der Waals surface area (Å²) >= 11 is 0. The molecule has 1 heterocycles. The Labute approximate surface area is 264 Å². The Kier molecular flexibility index (Phi) is 6.76. The van der Waals surface area contributed by atoms with E-state index < -0.39 is 29.9 Å². The summed E-state index contributed by atoms with van der Waals surface area (Å²) in [5.74, 6) is 1.67. The Bertz CT molecular complexity index is 1220. The molecule has 6 saturated carbocycles. The van der Waals surface area contributed by atoms with Gasteiger partial charge in [-0.2, -0.15) is 0 Å². The SMILES string of the molecule is CC(=O)O[C@@H]([C@H]1C[C@@H](C)[C@H]2[C@H](O1)[C@H](O)[C@@]1(C)[C@@H]3CC[C@H]4C(C)(C)[C@@H](OC(=O)C5CC5)CC[C@@]45[C@@H](C)[C@@]35CC[C@]21C)C(C)(C)O. The Morgan fingerprint density at radius 1 is 0.932 bits per heavy atom. The van der Waals surface area contributed by atoms with Gasteiger partial charge < -0.3 is 24.4 Å². The van der Waals surface area contributed by atoms with Crippen LogP contribution in [0.1, 0.15) is 120 Å². The molecule has 7 heteroatoms. The van der Waals surface area contributed by atoms with E-state index in [0.29, 0.717) is 24.2 Å². The maximum atomic E-state index is 12.8. The van der Waals surface area contributed by atoms with Gasteiger partial charge >= 0.3 is 11.9 Å². The van der Waals surface area contributed by atoms with Crippen LogP contribution in [0.2, 0.25) is 0 Å². The molecule has 0 amide bonds. The van der Waals surface area contributed by atoms with Gasteiger partial charge in [-0.05, 0) is 117 Å². The van der Waals surface area contributed by atoms with Crippen molar-refractivity contribution in [2.45, 2.75) is 156 Å². The minimum atomic E-state index is -1.26. The number of aliphatic hydroxyl groups excluding tert-OH is 1. The van der Waals surface area contributed by atoms with Crippen LogP contribution in [0.5, 0.6) is 0 Å². The summed E-state index contributed by atoms with van der Waals surface area (Å²) in [7, 11) is 0. The van der Waals surface area contributed by atoms with Gasteiger partial charge in [-0.3, -0.25) is 9.59 Å². The summed E-state index contributed by atoms with van der Waals surface area (Å²) in [5, 5.41) is 23.5. The zero-order chi connectivity index (χ0) is 32.0. The van der Waals surface area contributed by atoms with E-state index in [1.165, 1.54) is 13.3 Å². The lowest BCUT2D eigenvalue weighted by Gasteiger charge is -2.63. The molecule has 0 aromatic carbocycles. The third-order valence-corrected chi connectivity index (χ3v) is 15.9. The molecule has 44 heavy (non-hydrogen) atoms. The topological polar surface area (TPSA) is 102 Å². The van der Waals surface area contributed by atoms with Crippen molar-refractivity contribution < 1.29 is 34.0 Å². The first-order valence-corrected chi connectivity index (χ1v) is 17.8. The van der Waals surface area contributed by atoms with Crippen molar-refractivity contribution in [3.05, 3.63) is 0 Å². The monoisotopic (exact) mass is 614 g/mol. The smallest absolute Gasteiger partial charge is 0.309 e. The standard InChI is InChI=1S/C37H58O7/c1-19-18-23(30(33(6,7)41)42-21(3)38)43-28-27(19)34(8)16-17-37-20(2)36(37)15-14-26(44-31(40)22-10-11-22)32(4,5)24(36)12-13-25(37)35(34,9)29(28)39/h19-20,22-30,39,41H,10-18H2,1-9H3/t19-,20-,23-,24+,25+,26+,27+,28+,29+,30+,34-,35-,36-,37+/m1/s1. The zero-order valence-electron chi connectivity index (χ0n) is 28.7. The molecule has 1 aliphatic heterocycles. The number of hydrogen-bond acceptors (Lipinski definition) is 7. The first-order chi connectivity index (χ1) is 20.4. The fraction of sp³-hybridized carbons (Fsp3) is 0.946. The average Bonchev–Trinajstić information content (AvgIpc) is 3.84. The van der Waals surface area contributed by atoms with E-state index in [0.717, 1.165) is 44.9 Å². The Morgan fingerprint density at radius 2 is 1.57 bits per heavy atom. The molecule has 0 aromatic rings. The van der Waals surface area contributed by atoms with Crippen LogP contribution in [0.3, 0.4) is 0 Å². The largest absolute Gasteiger partial charge is 0.462 e. The van der Waals surface area contributed by atoms with Gasteiger partial charge in [0.25, 0.3) is 0 Å². The Morgan fingerprint density at radius 3 is 2.18 bits per heavy atom. The molecular formula is C37H58O7. The second kappa shape index (κ2) is 9.46. The predicted octanol–water partition coefficient (Wildman–Crippen LogP) is 6.07. The van der Waals surface area contributed by atoms with Gasteiger partial charge in [0, 0.05) is 17.8 Å². The zero-order valence-corrected chi connectivity index (χ0v) is 28.7. The molecule has 0 aromatic heterocycles. The number of rotatable bonds is 5. The van der Waals surface area contributed by atoms with Crippen molar-refractivity contribution in [2.24, 2.45) is 62.6 Å². The number of hydrogen-bond donors (Lipinski definition) is 2. The van der Waals surface area contributed by atoms with Crippen molar-refractivity contribution in [1.29, 1.82) is 0 Å². The van der Waals surface area contributed by atoms with Crippen LogP contribution < -0.4 is 0 Å². The number of aliphatic hydroxyl groups is 2. The number of fused-ring (bicyclic) bond motifs is 4. The van der Waals surface area contributed by atoms with E-state index in [2.05, 4.69) is 41.5 Å². The van der Waals surface area contributed by atoms with E-state index in [1.54, 1.807) is 13.8 Å². The number of ether oxygens (including phenoxy) is 3. The molecule has 2 spiro atoms. The molecule has 6 aliphatic carbocycles. The second-order valence-corrected chi connectivity index (χ2v) is 18.3. The lowest BCUT2D eigenvalue weighted by molar-refractivity contribution is -0.216. The number of esters is 2. The van der Waals surface area contributed by atoms with Crippen molar-refractivity contribution in [3.8, 4) is 0 Å². The van der Waals surface area contributed by atoms with Crippen LogP contribution in [0.15, 0.2) is 0 Å². The minimum absolute atomic E-state index is 0.0101. The fourth-order valence-electron chi connectivity index (χ4n) is 13.9. The summed E-state index contributed by atoms with van der Waals surface area (Å²) in [5.41, 5.74) is -1.29. The van der Waals surface area contributed by atoms with Crippen molar-refractivity contribution >= 4 is 11.9 Å². The van der Waals surface area contributed by atoms with E-state index in [1.807, 2.05) is 0 Å². The molecule has 0 radical (unpaired) electrons. The molecule has 2 N–H and O–H groups in total. The van der Waals surface area contributed by atoms with Crippen LogP contribution in [0.25, 0.3) is 0 Å². The van der Waals surface area contributed by atoms with Crippen LogP contribution >= 0.6 is 0 Å². The summed E-state index contributed by atoms with van der Waals surface area (Å²) in [6, 6.07) is 0. The molecule has 0 unspecified atom stereocenters. The van der Waals surface area contributed by atoms with Crippen LogP contribution in [0.4, 0.5) is 0 Å². The van der Waals surface area contributed by atoms with Crippen LogP contribution in [-0.2, 0) is 23.8 Å². The molecule has 7 nitrogen and oxygen atoms in total. The maximum Gasteiger partial charge on any atom is 0.309 e. The predicted molar refractivity (Wildman–Crippen MR) is 165 cm³/mol. The first-order valence-electron chi connectivity index (χ1n) is 17.8. The highest BCUT2D eigenvalue weighted by Gasteiger charge is 2.88. The molecule has 248 valence electrons. The summed E-state index contributed by atoms with van der Waals surface area (Å²) in [6.45, 7) is 19.1. The Hall–Kier alpha value is -1.18. The van der Waals surface area contributed by atoms with Gasteiger partial charge in [0.1, 0.15) is 6.10 Å². The van der Waals surface area contributed by atoms with Gasteiger partial charge in [-0.25, -0.2) is 0 Å². The molecule has 7 rings (SSSR count). The van der Waals surface area contributed by atoms with Gasteiger partial charge in [0.15, 0.2) is 6.10 Å². The van der Waals surface area contributed by atoms with Gasteiger partial charge in [-0.1, -0.05) is 41.5 Å². The number of carbonyl (C=O) groups is 2. The minimum Gasteiger partial charge on any atom is -0.462 e. The van der Waals surface area contributed by atoms with E-state index in [4.69, 9.17) is 14.2 Å². The molecular weight excluding hydrogens is 556 g/mol. The molecule has 0 bridgehead atoms. The first kappa shape index (κ1) is 31.4. The summed E-state index contributed by atoms with van der Waals surface area (Å²) in [6.07, 6.45) is 6.92. The Balaban J connectivity index is 1.20. The van der Waals surface area contributed by atoms with E-state index in [-0.39, 0.29) is 63.0 Å². The quantitative estimate of drug-likeness (QED) is 0.363. The third kappa shape index (κ3) is 3.72. The summed E-state index contributed by atoms with van der Waals surface area (Å²) in [4.78, 5) is 24.8. The maximum absolute atomic E-state index is 12.8. The van der Waals surface area contributed by atoms with Crippen molar-refractivity contribution in [3.63, 3.8) is 0 Å². The molecule has 14 atom stereocenters. The van der Waals surface area contributed by atoms with Crippen LogP contribution in [-0.4, -0.2) is 58.3 Å². The highest BCUT2D eigenvalue weighted by atomic mass is 16.6. The van der Waals surface area contributed by atoms with E-state index in [9.17, 15) is 19.8 Å². The fourth-order valence-corrected chi connectivity index (χ4v) is 13.9. The summed E-state index contributed by atoms with van der Waals surface area (Å²) < 4.78 is 18.8.